The minimum Gasteiger partial charge on any atom is -0.497 e. The van der Waals surface area contributed by atoms with Crippen LogP contribution in [0.2, 0.25) is 0 Å². The van der Waals surface area contributed by atoms with Gasteiger partial charge in [0, 0.05) is 29.2 Å². The van der Waals surface area contributed by atoms with E-state index in [-0.39, 0.29) is 40.8 Å². The number of carboxylic acids is 1. The van der Waals surface area contributed by atoms with E-state index in [1.54, 1.807) is 14.0 Å². The Morgan fingerprint density at radius 2 is 2.03 bits per heavy atom. The van der Waals surface area contributed by atoms with Crippen molar-refractivity contribution in [3.05, 3.63) is 40.4 Å². The molecule has 178 valence electrons. The third kappa shape index (κ3) is 4.34. The maximum atomic E-state index is 12.6. The number of nitrogens with zero attached hydrogens (tertiary/aromatic N) is 1. The predicted molar refractivity (Wildman–Crippen MR) is 122 cm³/mol. The molecule has 1 aromatic carbocycles. The summed E-state index contributed by atoms with van der Waals surface area (Å²) in [5.41, 5.74) is 0.984. The number of carboxylic acid groups (broad SMARTS) is 1. The van der Waals surface area contributed by atoms with E-state index in [9.17, 15) is 24.6 Å². The number of aliphatic carboxylic acids is 1. The molecule has 6 atom stereocenters. The molecule has 0 saturated carbocycles. The van der Waals surface area contributed by atoms with Crippen molar-refractivity contribution in [3.8, 4) is 5.75 Å². The molecule has 3 heterocycles. The highest BCUT2D eigenvalue weighted by Crippen LogP contribution is 2.51. The van der Waals surface area contributed by atoms with Crippen LogP contribution in [-0.2, 0) is 20.9 Å². The average molecular weight is 476 g/mol. The zero-order valence-corrected chi connectivity index (χ0v) is 19.6. The number of fused-ring (bicyclic) bond motifs is 1. The number of hydrogen-bond donors (Lipinski definition) is 4. The molecule has 9 nitrogen and oxygen atoms in total. The van der Waals surface area contributed by atoms with Crippen molar-refractivity contribution < 1.29 is 29.3 Å². The fourth-order valence-corrected chi connectivity index (χ4v) is 6.39. The number of aliphatic hydroxyl groups is 1. The second kappa shape index (κ2) is 9.36. The number of ether oxygens (including phenoxy) is 1. The van der Waals surface area contributed by atoms with E-state index >= 15 is 0 Å². The predicted octanol–water partition coefficient (Wildman–Crippen LogP) is 0.929. The highest BCUT2D eigenvalue weighted by Gasteiger charge is 2.60. The molecule has 0 aliphatic carbocycles. The van der Waals surface area contributed by atoms with Gasteiger partial charge in [0.1, 0.15) is 11.4 Å². The zero-order valence-electron chi connectivity index (χ0n) is 18.8. The first-order valence-corrected chi connectivity index (χ1v) is 11.9. The zero-order chi connectivity index (χ0) is 23.9. The first-order chi connectivity index (χ1) is 15.7. The van der Waals surface area contributed by atoms with E-state index in [1.165, 1.54) is 16.7 Å². The van der Waals surface area contributed by atoms with Gasteiger partial charge in [0.2, 0.25) is 11.8 Å². The van der Waals surface area contributed by atoms with Crippen LogP contribution in [0.4, 0.5) is 0 Å². The van der Waals surface area contributed by atoms with Crippen molar-refractivity contribution in [3.63, 3.8) is 0 Å². The third-order valence-electron chi connectivity index (χ3n) is 6.64. The van der Waals surface area contributed by atoms with Crippen LogP contribution in [0.25, 0.3) is 0 Å². The van der Waals surface area contributed by atoms with Crippen LogP contribution in [0, 0.1) is 11.8 Å². The number of rotatable bonds is 8. The Bertz CT molecular complexity index is 979. The topological polar surface area (TPSA) is 128 Å². The van der Waals surface area contributed by atoms with Crippen molar-refractivity contribution in [1.82, 2.24) is 15.5 Å². The summed E-state index contributed by atoms with van der Waals surface area (Å²) in [7, 11) is 1.60. The standard InChI is InChI=1S/C23H29N3O6S/c1-11-18-17(12(2)27)22(29)26(18)19(23(30)31)20(11)33-15-8-16(24-10-15)21(28)25-9-13-4-6-14(32-3)7-5-13/h4-7,11-12,15-18,24,27H,8-10H2,1-3H3,(H,25,28)(H,30,31)/t11-,12-,15+,16+,17-,18-/m1/s1. The molecule has 0 radical (unpaired) electrons. The largest absolute Gasteiger partial charge is 0.497 e. The van der Waals surface area contributed by atoms with Gasteiger partial charge in [0.05, 0.1) is 31.2 Å². The van der Waals surface area contributed by atoms with Crippen LogP contribution < -0.4 is 15.4 Å². The molecule has 0 aromatic heterocycles. The van der Waals surface area contributed by atoms with E-state index < -0.39 is 18.0 Å². The average Bonchev–Trinajstić information content (AvgIpc) is 3.34. The summed E-state index contributed by atoms with van der Waals surface area (Å²) >= 11 is 1.43. The van der Waals surface area contributed by atoms with Gasteiger partial charge in [-0.3, -0.25) is 9.59 Å². The summed E-state index contributed by atoms with van der Waals surface area (Å²) in [4.78, 5) is 39.1. The van der Waals surface area contributed by atoms with Crippen LogP contribution in [0.1, 0.15) is 25.8 Å². The van der Waals surface area contributed by atoms with Crippen molar-refractivity contribution in [2.24, 2.45) is 11.8 Å². The van der Waals surface area contributed by atoms with Gasteiger partial charge in [-0.2, -0.15) is 0 Å². The van der Waals surface area contributed by atoms with Crippen molar-refractivity contribution >= 4 is 29.5 Å². The lowest BCUT2D eigenvalue weighted by Gasteiger charge is -2.46. The highest BCUT2D eigenvalue weighted by molar-refractivity contribution is 8.03. The van der Waals surface area contributed by atoms with E-state index in [0.29, 0.717) is 24.4 Å². The molecule has 2 saturated heterocycles. The fraction of sp³-hybridized carbons (Fsp3) is 0.522. The number of carbonyl (C=O) groups is 3. The molecule has 2 amide bonds. The van der Waals surface area contributed by atoms with Gasteiger partial charge < -0.3 is 30.5 Å². The minimum atomic E-state index is -1.14. The number of benzene rings is 1. The van der Waals surface area contributed by atoms with Crippen LogP contribution in [0.5, 0.6) is 5.75 Å². The summed E-state index contributed by atoms with van der Waals surface area (Å²) in [5.74, 6) is -1.58. The fourth-order valence-electron chi connectivity index (χ4n) is 4.91. The van der Waals surface area contributed by atoms with Gasteiger partial charge >= 0.3 is 5.97 Å². The summed E-state index contributed by atoms with van der Waals surface area (Å²) in [6.07, 6.45) is -0.270. The van der Waals surface area contributed by atoms with Crippen LogP contribution in [0.15, 0.2) is 34.9 Å². The summed E-state index contributed by atoms with van der Waals surface area (Å²) in [5, 5.41) is 25.9. The number of amides is 2. The Morgan fingerprint density at radius 3 is 2.64 bits per heavy atom. The van der Waals surface area contributed by atoms with Gasteiger partial charge in [-0.05, 0) is 31.0 Å². The second-order valence-corrected chi connectivity index (χ2v) is 10.1. The molecular formula is C23H29N3O6S. The molecule has 3 aliphatic rings. The highest BCUT2D eigenvalue weighted by atomic mass is 32.2. The lowest BCUT2D eigenvalue weighted by atomic mass is 9.79. The SMILES string of the molecule is COc1ccc(CNC(=O)[C@@H]2C[C@H](SC3=C(C(=O)O)N4C(=O)[C@H]([C@@H](C)O)[C@H]4[C@H]3C)CN2)cc1. The van der Waals surface area contributed by atoms with Gasteiger partial charge in [0.15, 0.2) is 0 Å². The van der Waals surface area contributed by atoms with E-state index in [0.717, 1.165) is 11.3 Å². The normalized spacial score (nSPS) is 29.5. The molecule has 33 heavy (non-hydrogen) atoms. The number of β-lactam (4-membered cyclic amide) rings is 1. The maximum Gasteiger partial charge on any atom is 0.353 e. The van der Waals surface area contributed by atoms with Gasteiger partial charge in [0.25, 0.3) is 0 Å². The summed E-state index contributed by atoms with van der Waals surface area (Å²) in [6.45, 7) is 4.43. The van der Waals surface area contributed by atoms with E-state index in [4.69, 9.17) is 4.74 Å². The molecule has 0 spiro atoms. The smallest absolute Gasteiger partial charge is 0.353 e. The van der Waals surface area contributed by atoms with Crippen LogP contribution in [-0.4, -0.2) is 70.0 Å². The first-order valence-electron chi connectivity index (χ1n) is 11.0. The van der Waals surface area contributed by atoms with Gasteiger partial charge in [-0.15, -0.1) is 11.8 Å². The molecule has 10 heteroatoms. The Morgan fingerprint density at radius 1 is 1.33 bits per heavy atom. The molecule has 0 unspecified atom stereocenters. The van der Waals surface area contributed by atoms with Crippen molar-refractivity contribution in [1.29, 1.82) is 0 Å². The number of aliphatic hydroxyl groups excluding tert-OH is 1. The van der Waals surface area contributed by atoms with Crippen molar-refractivity contribution in [2.45, 2.75) is 50.3 Å². The Labute approximate surface area is 196 Å². The molecule has 1 aromatic rings. The summed E-state index contributed by atoms with van der Waals surface area (Å²) in [6, 6.07) is 6.78. The maximum absolute atomic E-state index is 12.6. The van der Waals surface area contributed by atoms with E-state index in [1.807, 2.05) is 31.2 Å². The van der Waals surface area contributed by atoms with Crippen LogP contribution in [0.3, 0.4) is 0 Å². The molecule has 4 rings (SSSR count). The quantitative estimate of drug-likeness (QED) is 0.409. The molecular weight excluding hydrogens is 446 g/mol. The minimum absolute atomic E-state index is 0.00679. The number of methoxy groups -OCH3 is 1. The Kier molecular flexibility index (Phi) is 6.69. The number of thioether (sulfide) groups is 1. The lowest BCUT2D eigenvalue weighted by molar-refractivity contribution is -0.163. The Hall–Kier alpha value is -2.56. The molecule has 0 bridgehead atoms. The van der Waals surface area contributed by atoms with Crippen LogP contribution >= 0.6 is 11.8 Å². The lowest BCUT2D eigenvalue weighted by Crippen LogP contribution is -2.63. The van der Waals surface area contributed by atoms with Gasteiger partial charge in [-0.25, -0.2) is 4.79 Å². The van der Waals surface area contributed by atoms with Crippen molar-refractivity contribution in [2.75, 3.05) is 13.7 Å². The number of hydrogen-bond acceptors (Lipinski definition) is 7. The molecule has 3 aliphatic heterocycles. The van der Waals surface area contributed by atoms with E-state index in [2.05, 4.69) is 10.6 Å². The number of nitrogens with one attached hydrogen (secondary N) is 2. The van der Waals surface area contributed by atoms with Gasteiger partial charge in [-0.1, -0.05) is 19.1 Å². The second-order valence-electron chi connectivity index (χ2n) is 8.77. The molecule has 4 N–H and O–H groups in total. The summed E-state index contributed by atoms with van der Waals surface area (Å²) < 4.78 is 5.14. The Balaban J connectivity index is 1.36. The molecule has 2 fully saturated rings. The monoisotopic (exact) mass is 475 g/mol. The number of carbonyl (C=O) groups excluding carboxylic acids is 2. The third-order valence-corrected chi connectivity index (χ3v) is 8.15. The first kappa shape index (κ1) is 23.6.